The first kappa shape index (κ1) is 26.1. The van der Waals surface area contributed by atoms with Crippen LogP contribution in [0.2, 0.25) is 0 Å². The maximum absolute atomic E-state index is 11.1. The third-order valence-corrected chi connectivity index (χ3v) is 3.72. The molecule has 0 unspecified atom stereocenters. The van der Waals surface area contributed by atoms with Crippen LogP contribution in [-0.2, 0) is 14.3 Å². The molecular weight excluding hydrogens is 328 g/mol. The Morgan fingerprint density at radius 2 is 1.46 bits per heavy atom. The van der Waals surface area contributed by atoms with E-state index in [1.165, 1.54) is 0 Å². The first-order valence-corrected chi connectivity index (χ1v) is 9.31. The summed E-state index contributed by atoms with van der Waals surface area (Å²) in [5.74, 6) is -1.02. The zero-order valence-corrected chi connectivity index (χ0v) is 17.3. The van der Waals surface area contributed by atoms with Crippen LogP contribution >= 0.6 is 0 Å². The standard InChI is InChI=1S/2C11H18O2/c1-4-5-6-7-8-9(2)10(3)11(12)13;1-4-6-7-8-9-13-11(12)10(3)5-2/h5-6H,4,7-8H2,1-3H3,(H,12,13);5-7H,4,8-9H2,1-3H3/b6-5-,10-9+;7-6-,10-5+. The largest absolute Gasteiger partial charge is 0.478 e. The maximum atomic E-state index is 11.1. The zero-order valence-electron chi connectivity index (χ0n) is 17.3. The number of hydrogen-bond donors (Lipinski definition) is 1. The maximum Gasteiger partial charge on any atom is 0.333 e. The molecule has 0 aromatic carbocycles. The smallest absolute Gasteiger partial charge is 0.333 e. The number of carbonyl (C=O) groups excluding carboxylic acids is 1. The molecule has 0 rings (SSSR count). The lowest BCUT2D eigenvalue weighted by molar-refractivity contribution is -0.138. The normalized spacial score (nSPS) is 12.6. The minimum absolute atomic E-state index is 0.215. The second-order valence-electron chi connectivity index (χ2n) is 5.90. The highest BCUT2D eigenvalue weighted by Crippen LogP contribution is 2.10. The molecule has 0 aliphatic carbocycles. The van der Waals surface area contributed by atoms with Crippen LogP contribution < -0.4 is 0 Å². The Labute approximate surface area is 159 Å². The predicted octanol–water partition coefficient (Wildman–Crippen LogP) is 6.01. The molecule has 0 fully saturated rings. The van der Waals surface area contributed by atoms with Gasteiger partial charge in [-0.1, -0.05) is 49.8 Å². The summed E-state index contributed by atoms with van der Waals surface area (Å²) in [5, 5.41) is 8.68. The molecule has 0 saturated carbocycles. The summed E-state index contributed by atoms with van der Waals surface area (Å²) < 4.78 is 4.98. The molecule has 0 bridgehead atoms. The number of esters is 1. The van der Waals surface area contributed by atoms with Gasteiger partial charge in [0.05, 0.1) is 6.61 Å². The van der Waals surface area contributed by atoms with Crippen molar-refractivity contribution in [3.05, 3.63) is 47.1 Å². The van der Waals surface area contributed by atoms with Gasteiger partial charge in [0.15, 0.2) is 0 Å². The second-order valence-corrected chi connectivity index (χ2v) is 5.90. The number of ether oxygens (including phenoxy) is 1. The molecule has 0 atom stereocenters. The summed E-state index contributed by atoms with van der Waals surface area (Å²) in [7, 11) is 0. The highest BCUT2D eigenvalue weighted by Gasteiger charge is 2.03. The van der Waals surface area contributed by atoms with Gasteiger partial charge in [0.25, 0.3) is 0 Å². The fraction of sp³-hybridized carbons (Fsp3) is 0.545. The van der Waals surface area contributed by atoms with Crippen molar-refractivity contribution in [3.8, 4) is 0 Å². The number of carboxylic acid groups (broad SMARTS) is 1. The van der Waals surface area contributed by atoms with E-state index in [4.69, 9.17) is 9.84 Å². The molecule has 0 saturated heterocycles. The fourth-order valence-electron chi connectivity index (χ4n) is 1.69. The van der Waals surface area contributed by atoms with Crippen LogP contribution in [0.15, 0.2) is 47.1 Å². The average Bonchev–Trinajstić information content (AvgIpc) is 2.63. The number of hydrogen-bond acceptors (Lipinski definition) is 3. The lowest BCUT2D eigenvalue weighted by atomic mass is 10.1. The van der Waals surface area contributed by atoms with Gasteiger partial charge in [0, 0.05) is 11.1 Å². The molecule has 0 aliphatic rings. The van der Waals surface area contributed by atoms with Crippen LogP contribution in [0.4, 0.5) is 0 Å². The minimum atomic E-state index is -0.808. The van der Waals surface area contributed by atoms with Gasteiger partial charge < -0.3 is 9.84 Å². The summed E-state index contributed by atoms with van der Waals surface area (Å²) in [6.07, 6.45) is 14.7. The van der Waals surface area contributed by atoms with E-state index < -0.39 is 5.97 Å². The molecule has 4 heteroatoms. The van der Waals surface area contributed by atoms with Crippen molar-refractivity contribution in [2.75, 3.05) is 6.61 Å². The van der Waals surface area contributed by atoms with Crippen molar-refractivity contribution >= 4 is 11.9 Å². The predicted molar refractivity (Wildman–Crippen MR) is 109 cm³/mol. The molecule has 26 heavy (non-hydrogen) atoms. The fourth-order valence-corrected chi connectivity index (χ4v) is 1.69. The van der Waals surface area contributed by atoms with Crippen LogP contribution in [0.5, 0.6) is 0 Å². The minimum Gasteiger partial charge on any atom is -0.478 e. The molecule has 0 aromatic heterocycles. The Hall–Kier alpha value is -2.10. The third kappa shape index (κ3) is 15.4. The van der Waals surface area contributed by atoms with Gasteiger partial charge in [0.1, 0.15) is 0 Å². The van der Waals surface area contributed by atoms with Crippen LogP contribution in [0, 0.1) is 0 Å². The first-order chi connectivity index (χ1) is 12.3. The monoisotopic (exact) mass is 364 g/mol. The van der Waals surface area contributed by atoms with E-state index in [2.05, 4.69) is 32.1 Å². The van der Waals surface area contributed by atoms with Crippen molar-refractivity contribution in [3.63, 3.8) is 0 Å². The Morgan fingerprint density at radius 3 is 1.92 bits per heavy atom. The SMILES string of the molecule is C/C=C(\C)C(=O)OCC/C=C\CC.CC/C=C\CC/C(C)=C(\C)C(=O)O. The molecule has 0 radical (unpaired) electrons. The Bertz CT molecular complexity index is 522. The molecule has 0 spiro atoms. The van der Waals surface area contributed by atoms with Crippen molar-refractivity contribution in [1.82, 2.24) is 0 Å². The summed E-state index contributed by atoms with van der Waals surface area (Å²) in [6, 6.07) is 0. The van der Waals surface area contributed by atoms with E-state index in [0.717, 1.165) is 37.7 Å². The van der Waals surface area contributed by atoms with E-state index in [1.54, 1.807) is 19.9 Å². The lowest BCUT2D eigenvalue weighted by Crippen LogP contribution is -2.06. The van der Waals surface area contributed by atoms with Gasteiger partial charge in [-0.25, -0.2) is 9.59 Å². The summed E-state index contributed by atoms with van der Waals surface area (Å²) in [4.78, 5) is 21.6. The van der Waals surface area contributed by atoms with E-state index in [9.17, 15) is 9.59 Å². The van der Waals surface area contributed by atoms with E-state index in [0.29, 0.717) is 17.8 Å². The van der Waals surface area contributed by atoms with Gasteiger partial charge in [-0.2, -0.15) is 0 Å². The average molecular weight is 365 g/mol. The number of rotatable bonds is 10. The highest BCUT2D eigenvalue weighted by atomic mass is 16.5. The van der Waals surface area contributed by atoms with E-state index in [-0.39, 0.29) is 5.97 Å². The van der Waals surface area contributed by atoms with Crippen molar-refractivity contribution in [1.29, 1.82) is 0 Å². The number of carboxylic acids is 1. The van der Waals surface area contributed by atoms with Crippen LogP contribution in [0.3, 0.4) is 0 Å². The molecule has 1 N–H and O–H groups in total. The Morgan fingerprint density at radius 1 is 0.923 bits per heavy atom. The number of allylic oxidation sites excluding steroid dienone is 5. The Kier molecular flexibility index (Phi) is 17.8. The first-order valence-electron chi connectivity index (χ1n) is 9.31. The Balaban J connectivity index is 0. The lowest BCUT2D eigenvalue weighted by Gasteiger charge is -2.01. The zero-order chi connectivity index (χ0) is 20.4. The summed E-state index contributed by atoms with van der Waals surface area (Å²) >= 11 is 0. The van der Waals surface area contributed by atoms with Gasteiger partial charge in [0.2, 0.25) is 0 Å². The summed E-state index contributed by atoms with van der Waals surface area (Å²) in [6.45, 7) is 11.7. The number of carbonyl (C=O) groups is 2. The topological polar surface area (TPSA) is 63.6 Å². The van der Waals surface area contributed by atoms with E-state index in [1.807, 2.05) is 19.9 Å². The molecule has 0 aromatic rings. The van der Waals surface area contributed by atoms with Crippen LogP contribution in [-0.4, -0.2) is 23.7 Å². The number of aliphatic carboxylic acids is 1. The van der Waals surface area contributed by atoms with E-state index >= 15 is 0 Å². The molecule has 4 nitrogen and oxygen atoms in total. The van der Waals surface area contributed by atoms with Crippen LogP contribution in [0.25, 0.3) is 0 Å². The van der Waals surface area contributed by atoms with Crippen molar-refractivity contribution < 1.29 is 19.4 Å². The molecular formula is C22H36O4. The second kappa shape index (κ2) is 17.7. The molecule has 0 heterocycles. The van der Waals surface area contributed by atoms with Crippen molar-refractivity contribution in [2.45, 2.75) is 73.6 Å². The third-order valence-electron chi connectivity index (χ3n) is 3.72. The quantitative estimate of drug-likeness (QED) is 0.223. The van der Waals surface area contributed by atoms with Gasteiger partial charge in [-0.3, -0.25) is 0 Å². The van der Waals surface area contributed by atoms with Gasteiger partial charge >= 0.3 is 11.9 Å². The molecule has 0 aliphatic heterocycles. The van der Waals surface area contributed by atoms with Gasteiger partial charge in [-0.15, -0.1) is 0 Å². The molecule has 0 amide bonds. The molecule has 148 valence electrons. The highest BCUT2D eigenvalue weighted by molar-refractivity contribution is 5.87. The van der Waals surface area contributed by atoms with Crippen LogP contribution in [0.1, 0.15) is 73.6 Å². The van der Waals surface area contributed by atoms with Crippen molar-refractivity contribution in [2.24, 2.45) is 0 Å². The summed E-state index contributed by atoms with van der Waals surface area (Å²) in [5.41, 5.74) is 2.11. The van der Waals surface area contributed by atoms with Gasteiger partial charge in [-0.05, 0) is 59.8 Å².